The molecule has 1 heterocycles. The van der Waals surface area contributed by atoms with Crippen molar-refractivity contribution in [3.63, 3.8) is 0 Å². The second-order valence-electron chi connectivity index (χ2n) is 8.28. The van der Waals surface area contributed by atoms with Crippen molar-refractivity contribution in [2.75, 3.05) is 18.6 Å². The van der Waals surface area contributed by atoms with Gasteiger partial charge in [-0.05, 0) is 43.6 Å². The van der Waals surface area contributed by atoms with Crippen LogP contribution in [-0.4, -0.2) is 87.5 Å². The van der Waals surface area contributed by atoms with Crippen molar-refractivity contribution >= 4 is 41.4 Å². The van der Waals surface area contributed by atoms with Crippen LogP contribution in [0.15, 0.2) is 0 Å². The summed E-state index contributed by atoms with van der Waals surface area (Å²) in [6.07, 6.45) is 3.31. The van der Waals surface area contributed by atoms with Crippen LogP contribution in [0.25, 0.3) is 0 Å². The Bertz CT molecular complexity index is 721. The summed E-state index contributed by atoms with van der Waals surface area (Å²) in [4.78, 5) is 62.3. The van der Waals surface area contributed by atoms with E-state index in [0.29, 0.717) is 32.2 Å². The Balaban J connectivity index is 2.91. The van der Waals surface area contributed by atoms with Crippen LogP contribution in [0.5, 0.6) is 0 Å². The second-order valence-corrected chi connectivity index (χ2v) is 9.27. The lowest BCUT2D eigenvalue weighted by atomic mass is 9.97. The smallest absolute Gasteiger partial charge is 0.326 e. The molecule has 1 fully saturated rings. The number of hydrogen-bond acceptors (Lipinski definition) is 7. The molecule has 3 amide bonds. The Morgan fingerprint density at radius 2 is 1.82 bits per heavy atom. The number of carboxylic acids is 2. The molecule has 5 unspecified atom stereocenters. The lowest BCUT2D eigenvalue weighted by Gasteiger charge is -2.30. The van der Waals surface area contributed by atoms with Crippen LogP contribution in [0.4, 0.5) is 0 Å². The Labute approximate surface area is 198 Å². The summed E-state index contributed by atoms with van der Waals surface area (Å²) in [7, 11) is 0. The molecular weight excluding hydrogens is 452 g/mol. The van der Waals surface area contributed by atoms with Gasteiger partial charge in [0.2, 0.25) is 17.7 Å². The standard InChI is InChI=1S/C21H36N4O7S/c1-4-12(2)17(19(29)23-14(21(31)32)7-8-16(26)27)24-18(28)15-6-5-10-25(15)20(30)13(22)9-11-33-3/h12-15,17H,4-11,22H2,1-3H3,(H,23,29)(H,24,28)(H,26,27)(H,31,32). The Morgan fingerprint density at radius 3 is 2.36 bits per heavy atom. The number of carboxylic acid groups (broad SMARTS) is 2. The minimum atomic E-state index is -1.39. The lowest BCUT2D eigenvalue weighted by Crippen LogP contribution is -2.58. The molecule has 0 aliphatic carbocycles. The van der Waals surface area contributed by atoms with Crippen molar-refractivity contribution < 1.29 is 34.2 Å². The zero-order valence-corrected chi connectivity index (χ0v) is 20.2. The van der Waals surface area contributed by atoms with Crippen LogP contribution in [0.3, 0.4) is 0 Å². The number of rotatable bonds is 14. The molecule has 0 saturated carbocycles. The molecule has 11 nitrogen and oxygen atoms in total. The molecule has 12 heteroatoms. The molecule has 0 spiro atoms. The van der Waals surface area contributed by atoms with Crippen LogP contribution < -0.4 is 16.4 Å². The van der Waals surface area contributed by atoms with Crippen LogP contribution >= 0.6 is 11.8 Å². The van der Waals surface area contributed by atoms with Gasteiger partial charge in [0.25, 0.3) is 0 Å². The van der Waals surface area contributed by atoms with Gasteiger partial charge in [-0.1, -0.05) is 20.3 Å². The third kappa shape index (κ3) is 8.84. The van der Waals surface area contributed by atoms with Gasteiger partial charge in [0, 0.05) is 13.0 Å². The molecule has 0 aromatic rings. The highest BCUT2D eigenvalue weighted by molar-refractivity contribution is 7.98. The molecule has 1 rings (SSSR count). The molecule has 188 valence electrons. The maximum absolute atomic E-state index is 13.0. The van der Waals surface area contributed by atoms with E-state index in [9.17, 15) is 29.1 Å². The van der Waals surface area contributed by atoms with Gasteiger partial charge < -0.3 is 31.5 Å². The monoisotopic (exact) mass is 488 g/mol. The minimum absolute atomic E-state index is 0.281. The van der Waals surface area contributed by atoms with E-state index in [1.807, 2.05) is 13.2 Å². The molecular formula is C21H36N4O7S. The van der Waals surface area contributed by atoms with E-state index in [0.717, 1.165) is 5.75 Å². The van der Waals surface area contributed by atoms with E-state index in [1.165, 1.54) is 4.90 Å². The summed E-state index contributed by atoms with van der Waals surface area (Å²) in [6, 6.07) is -3.88. The number of thioether (sulfide) groups is 1. The lowest BCUT2D eigenvalue weighted by molar-refractivity contribution is -0.144. The van der Waals surface area contributed by atoms with Gasteiger partial charge in [-0.2, -0.15) is 11.8 Å². The topological polar surface area (TPSA) is 179 Å². The summed E-state index contributed by atoms with van der Waals surface area (Å²) in [5.41, 5.74) is 6.00. The van der Waals surface area contributed by atoms with E-state index < -0.39 is 54.3 Å². The first-order valence-corrected chi connectivity index (χ1v) is 12.5. The maximum atomic E-state index is 13.0. The van der Waals surface area contributed by atoms with Crippen molar-refractivity contribution in [1.82, 2.24) is 15.5 Å². The number of hydrogen-bond donors (Lipinski definition) is 5. The van der Waals surface area contributed by atoms with E-state index in [1.54, 1.807) is 18.7 Å². The number of carbonyl (C=O) groups is 5. The number of nitrogens with two attached hydrogens (primary N) is 1. The summed E-state index contributed by atoms with van der Waals surface area (Å²) in [5.74, 6) is -3.63. The molecule has 0 bridgehead atoms. The highest BCUT2D eigenvalue weighted by Gasteiger charge is 2.38. The molecule has 0 radical (unpaired) electrons. The fourth-order valence-electron chi connectivity index (χ4n) is 3.62. The van der Waals surface area contributed by atoms with Crippen LogP contribution in [0.1, 0.15) is 52.4 Å². The first kappa shape index (κ1) is 28.7. The normalized spacial score (nSPS) is 19.3. The number of amides is 3. The average molecular weight is 489 g/mol. The highest BCUT2D eigenvalue weighted by atomic mass is 32.2. The quantitative estimate of drug-likeness (QED) is 0.225. The predicted octanol–water partition coefficient (Wildman–Crippen LogP) is 0.0229. The van der Waals surface area contributed by atoms with Crippen LogP contribution in [0, 0.1) is 5.92 Å². The second kappa shape index (κ2) is 14.0. The SMILES string of the molecule is CCC(C)C(NC(=O)C1CCCN1C(=O)C(N)CCSC)C(=O)NC(CCC(=O)O)C(=O)O. The van der Waals surface area contributed by atoms with Crippen molar-refractivity contribution in [2.45, 2.75) is 76.5 Å². The molecule has 1 saturated heterocycles. The summed E-state index contributed by atoms with van der Waals surface area (Å²) in [5, 5.41) is 23.2. The van der Waals surface area contributed by atoms with Gasteiger partial charge >= 0.3 is 11.9 Å². The van der Waals surface area contributed by atoms with Gasteiger partial charge in [-0.25, -0.2) is 4.79 Å². The van der Waals surface area contributed by atoms with E-state index >= 15 is 0 Å². The number of nitrogens with one attached hydrogen (secondary N) is 2. The molecule has 0 aromatic heterocycles. The van der Waals surface area contributed by atoms with Crippen molar-refractivity contribution in [1.29, 1.82) is 0 Å². The fourth-order valence-corrected chi connectivity index (χ4v) is 4.11. The highest BCUT2D eigenvalue weighted by Crippen LogP contribution is 2.20. The minimum Gasteiger partial charge on any atom is -0.481 e. The number of carbonyl (C=O) groups excluding carboxylic acids is 3. The van der Waals surface area contributed by atoms with E-state index in [-0.39, 0.29) is 18.2 Å². The first-order chi connectivity index (χ1) is 15.5. The van der Waals surface area contributed by atoms with Crippen LogP contribution in [-0.2, 0) is 24.0 Å². The van der Waals surface area contributed by atoms with Gasteiger partial charge in [-0.3, -0.25) is 19.2 Å². The zero-order valence-electron chi connectivity index (χ0n) is 19.4. The fraction of sp³-hybridized carbons (Fsp3) is 0.762. The molecule has 6 N–H and O–H groups in total. The largest absolute Gasteiger partial charge is 0.481 e. The van der Waals surface area contributed by atoms with Crippen molar-refractivity contribution in [2.24, 2.45) is 11.7 Å². The Kier molecular flexibility index (Phi) is 12.2. The third-order valence-electron chi connectivity index (χ3n) is 5.84. The Hall–Kier alpha value is -2.34. The molecule has 1 aliphatic rings. The zero-order chi connectivity index (χ0) is 25.1. The van der Waals surface area contributed by atoms with E-state index in [2.05, 4.69) is 10.6 Å². The van der Waals surface area contributed by atoms with Gasteiger partial charge in [0.05, 0.1) is 6.04 Å². The summed E-state index contributed by atoms with van der Waals surface area (Å²) < 4.78 is 0. The summed E-state index contributed by atoms with van der Waals surface area (Å²) >= 11 is 1.58. The summed E-state index contributed by atoms with van der Waals surface area (Å²) in [6.45, 7) is 3.97. The predicted molar refractivity (Wildman–Crippen MR) is 124 cm³/mol. The Morgan fingerprint density at radius 1 is 1.15 bits per heavy atom. The van der Waals surface area contributed by atoms with Gasteiger partial charge in [-0.15, -0.1) is 0 Å². The van der Waals surface area contributed by atoms with Crippen molar-refractivity contribution in [3.8, 4) is 0 Å². The van der Waals surface area contributed by atoms with Gasteiger partial charge in [0.15, 0.2) is 0 Å². The molecule has 0 aromatic carbocycles. The number of likely N-dealkylation sites (tertiary alicyclic amines) is 1. The third-order valence-corrected chi connectivity index (χ3v) is 6.49. The van der Waals surface area contributed by atoms with Crippen molar-refractivity contribution in [3.05, 3.63) is 0 Å². The average Bonchev–Trinajstić information content (AvgIpc) is 3.26. The number of nitrogens with zero attached hydrogens (tertiary/aromatic N) is 1. The number of aliphatic carboxylic acids is 2. The molecule has 5 atom stereocenters. The van der Waals surface area contributed by atoms with E-state index in [4.69, 9.17) is 10.8 Å². The maximum Gasteiger partial charge on any atom is 0.326 e. The molecule has 33 heavy (non-hydrogen) atoms. The first-order valence-electron chi connectivity index (χ1n) is 11.1. The van der Waals surface area contributed by atoms with Crippen LogP contribution in [0.2, 0.25) is 0 Å². The van der Waals surface area contributed by atoms with Gasteiger partial charge in [0.1, 0.15) is 18.1 Å². The molecule has 1 aliphatic heterocycles.